The Labute approximate surface area is 97.4 Å². The van der Waals surface area contributed by atoms with E-state index in [-0.39, 0.29) is 0 Å². The van der Waals surface area contributed by atoms with Crippen LogP contribution in [-0.2, 0) is 7.05 Å². The molecule has 0 bridgehead atoms. The first-order valence-electron chi connectivity index (χ1n) is 4.33. The van der Waals surface area contributed by atoms with Gasteiger partial charge in [0.1, 0.15) is 5.82 Å². The van der Waals surface area contributed by atoms with Crippen molar-refractivity contribution in [1.82, 2.24) is 9.78 Å². The standard InChI is InChI=1S/C10H9Cl2N3/c1-15-10(13)5-9(14-15)7-3-2-6(11)4-8(7)12/h2-5H,13H2,1H3. The third kappa shape index (κ3) is 1.94. The van der Waals surface area contributed by atoms with Crippen molar-refractivity contribution in [2.75, 3.05) is 5.73 Å². The minimum absolute atomic E-state index is 0.570. The van der Waals surface area contributed by atoms with Crippen molar-refractivity contribution in [3.05, 3.63) is 34.3 Å². The highest BCUT2D eigenvalue weighted by atomic mass is 35.5. The molecule has 0 amide bonds. The second-order valence-electron chi connectivity index (χ2n) is 3.20. The fourth-order valence-electron chi connectivity index (χ4n) is 1.31. The maximum Gasteiger partial charge on any atom is 0.121 e. The monoisotopic (exact) mass is 241 g/mol. The molecular weight excluding hydrogens is 233 g/mol. The zero-order valence-corrected chi connectivity index (χ0v) is 9.55. The van der Waals surface area contributed by atoms with Gasteiger partial charge in [-0.3, -0.25) is 4.68 Å². The smallest absolute Gasteiger partial charge is 0.121 e. The van der Waals surface area contributed by atoms with Crippen LogP contribution in [0.2, 0.25) is 10.0 Å². The van der Waals surface area contributed by atoms with Gasteiger partial charge in [0, 0.05) is 23.7 Å². The first kappa shape index (κ1) is 10.3. The summed E-state index contributed by atoms with van der Waals surface area (Å²) >= 11 is 11.9. The molecule has 0 radical (unpaired) electrons. The molecule has 2 N–H and O–H groups in total. The molecule has 1 heterocycles. The summed E-state index contributed by atoms with van der Waals surface area (Å²) in [6.07, 6.45) is 0. The molecule has 0 aliphatic heterocycles. The van der Waals surface area contributed by atoms with Gasteiger partial charge in [0.15, 0.2) is 0 Å². The van der Waals surface area contributed by atoms with Gasteiger partial charge < -0.3 is 5.73 Å². The van der Waals surface area contributed by atoms with Crippen molar-refractivity contribution in [3.63, 3.8) is 0 Å². The Balaban J connectivity index is 2.54. The largest absolute Gasteiger partial charge is 0.384 e. The number of hydrogen-bond donors (Lipinski definition) is 1. The molecule has 0 unspecified atom stereocenters. The molecule has 15 heavy (non-hydrogen) atoms. The van der Waals surface area contributed by atoms with Crippen molar-refractivity contribution < 1.29 is 0 Å². The summed E-state index contributed by atoms with van der Waals surface area (Å²) < 4.78 is 1.60. The van der Waals surface area contributed by atoms with Gasteiger partial charge >= 0.3 is 0 Å². The molecular formula is C10H9Cl2N3. The van der Waals surface area contributed by atoms with Gasteiger partial charge in [-0.15, -0.1) is 0 Å². The van der Waals surface area contributed by atoms with E-state index in [4.69, 9.17) is 28.9 Å². The topological polar surface area (TPSA) is 43.8 Å². The lowest BCUT2D eigenvalue weighted by molar-refractivity contribution is 0.782. The predicted octanol–water partition coefficient (Wildman–Crippen LogP) is 2.98. The second-order valence-corrected chi connectivity index (χ2v) is 4.05. The number of nitrogen functional groups attached to an aromatic ring is 1. The zero-order valence-electron chi connectivity index (χ0n) is 8.04. The van der Waals surface area contributed by atoms with Crippen LogP contribution in [0.15, 0.2) is 24.3 Å². The lowest BCUT2D eigenvalue weighted by atomic mass is 10.1. The molecule has 0 fully saturated rings. The van der Waals surface area contributed by atoms with Gasteiger partial charge in [-0.2, -0.15) is 5.10 Å². The molecule has 0 saturated carbocycles. The van der Waals surface area contributed by atoms with E-state index in [1.54, 1.807) is 29.9 Å². The molecule has 2 rings (SSSR count). The van der Waals surface area contributed by atoms with E-state index in [2.05, 4.69) is 5.10 Å². The van der Waals surface area contributed by atoms with Gasteiger partial charge in [0.25, 0.3) is 0 Å². The SMILES string of the molecule is Cn1nc(-c2ccc(Cl)cc2Cl)cc1N. The molecule has 78 valence electrons. The van der Waals surface area contributed by atoms with E-state index in [0.717, 1.165) is 11.3 Å². The number of rotatable bonds is 1. The van der Waals surface area contributed by atoms with Crippen LogP contribution in [-0.4, -0.2) is 9.78 Å². The normalized spacial score (nSPS) is 10.6. The molecule has 0 aliphatic rings. The maximum atomic E-state index is 6.05. The Morgan fingerprint density at radius 1 is 1.27 bits per heavy atom. The minimum atomic E-state index is 0.570. The van der Waals surface area contributed by atoms with Crippen LogP contribution in [0.3, 0.4) is 0 Å². The molecule has 1 aromatic heterocycles. The molecule has 0 atom stereocenters. The van der Waals surface area contributed by atoms with Crippen molar-refractivity contribution in [1.29, 1.82) is 0 Å². The van der Waals surface area contributed by atoms with Crippen molar-refractivity contribution >= 4 is 29.0 Å². The minimum Gasteiger partial charge on any atom is -0.384 e. The van der Waals surface area contributed by atoms with Crippen LogP contribution in [0.4, 0.5) is 5.82 Å². The summed E-state index contributed by atoms with van der Waals surface area (Å²) in [5.41, 5.74) is 7.26. The predicted molar refractivity (Wildman–Crippen MR) is 63.1 cm³/mol. The maximum absolute atomic E-state index is 6.05. The Bertz CT molecular complexity index is 486. The van der Waals surface area contributed by atoms with Gasteiger partial charge in [0.05, 0.1) is 10.7 Å². The molecule has 5 heteroatoms. The molecule has 3 nitrogen and oxygen atoms in total. The van der Waals surface area contributed by atoms with E-state index >= 15 is 0 Å². The fraction of sp³-hybridized carbons (Fsp3) is 0.100. The number of aryl methyl sites for hydroxylation is 1. The van der Waals surface area contributed by atoms with E-state index in [9.17, 15) is 0 Å². The van der Waals surface area contributed by atoms with E-state index in [1.165, 1.54) is 0 Å². The number of hydrogen-bond acceptors (Lipinski definition) is 2. The van der Waals surface area contributed by atoms with Gasteiger partial charge in [-0.05, 0) is 18.2 Å². The quantitative estimate of drug-likeness (QED) is 0.835. The zero-order chi connectivity index (χ0) is 11.0. The van der Waals surface area contributed by atoms with Crippen molar-refractivity contribution in [2.45, 2.75) is 0 Å². The van der Waals surface area contributed by atoms with Gasteiger partial charge in [0.2, 0.25) is 0 Å². The Morgan fingerprint density at radius 2 is 2.00 bits per heavy atom. The Hall–Kier alpha value is -1.19. The number of halogens is 2. The summed E-state index contributed by atoms with van der Waals surface area (Å²) in [4.78, 5) is 0. The lowest BCUT2D eigenvalue weighted by Crippen LogP contribution is -1.96. The van der Waals surface area contributed by atoms with Crippen LogP contribution >= 0.6 is 23.2 Å². The van der Waals surface area contributed by atoms with Crippen molar-refractivity contribution in [2.24, 2.45) is 7.05 Å². The molecule has 0 spiro atoms. The van der Waals surface area contributed by atoms with E-state index in [1.807, 2.05) is 6.07 Å². The Kier molecular flexibility index (Phi) is 2.59. The molecule has 0 saturated heterocycles. The average molecular weight is 242 g/mol. The van der Waals surface area contributed by atoms with Crippen LogP contribution in [0, 0.1) is 0 Å². The summed E-state index contributed by atoms with van der Waals surface area (Å²) in [6.45, 7) is 0. The first-order chi connectivity index (χ1) is 7.08. The number of anilines is 1. The molecule has 1 aromatic carbocycles. The van der Waals surface area contributed by atoms with Crippen LogP contribution in [0.1, 0.15) is 0 Å². The second kappa shape index (κ2) is 3.76. The number of aromatic nitrogens is 2. The summed E-state index contributed by atoms with van der Waals surface area (Å²) in [5.74, 6) is 0.594. The highest BCUT2D eigenvalue weighted by molar-refractivity contribution is 6.36. The first-order valence-corrected chi connectivity index (χ1v) is 5.08. The average Bonchev–Trinajstić information content (AvgIpc) is 2.46. The number of nitrogens with zero attached hydrogens (tertiary/aromatic N) is 2. The lowest BCUT2D eigenvalue weighted by Gasteiger charge is -2.00. The van der Waals surface area contributed by atoms with Gasteiger partial charge in [-0.1, -0.05) is 23.2 Å². The Morgan fingerprint density at radius 3 is 2.53 bits per heavy atom. The molecule has 0 aliphatic carbocycles. The fourth-order valence-corrected chi connectivity index (χ4v) is 1.82. The van der Waals surface area contributed by atoms with Crippen LogP contribution in [0.25, 0.3) is 11.3 Å². The highest BCUT2D eigenvalue weighted by Crippen LogP contribution is 2.30. The third-order valence-electron chi connectivity index (χ3n) is 2.12. The summed E-state index contributed by atoms with van der Waals surface area (Å²) in [5, 5.41) is 5.41. The van der Waals surface area contributed by atoms with Gasteiger partial charge in [-0.25, -0.2) is 0 Å². The molecule has 2 aromatic rings. The van der Waals surface area contributed by atoms with E-state index < -0.39 is 0 Å². The van der Waals surface area contributed by atoms with Crippen LogP contribution in [0.5, 0.6) is 0 Å². The highest BCUT2D eigenvalue weighted by Gasteiger charge is 2.08. The summed E-state index contributed by atoms with van der Waals surface area (Å²) in [6, 6.07) is 7.05. The van der Waals surface area contributed by atoms with Crippen molar-refractivity contribution in [3.8, 4) is 11.3 Å². The number of nitrogens with two attached hydrogens (primary N) is 1. The van der Waals surface area contributed by atoms with Crippen LogP contribution < -0.4 is 5.73 Å². The van der Waals surface area contributed by atoms with E-state index in [0.29, 0.717) is 15.9 Å². The summed E-state index contributed by atoms with van der Waals surface area (Å²) in [7, 11) is 1.78. The number of benzene rings is 1. The third-order valence-corrected chi connectivity index (χ3v) is 2.67.